The molecular weight excluding hydrogens is 258 g/mol. The summed E-state index contributed by atoms with van der Waals surface area (Å²) in [4.78, 5) is 0. The molecule has 1 saturated heterocycles. The van der Waals surface area contributed by atoms with Crippen molar-refractivity contribution in [3.05, 3.63) is 35.9 Å². The molecule has 0 aliphatic carbocycles. The van der Waals surface area contributed by atoms with Gasteiger partial charge in [-0.1, -0.05) is 44.2 Å². The predicted molar refractivity (Wildman–Crippen MR) is 89.8 cm³/mol. The molecule has 0 spiro atoms. The Labute approximate surface area is 130 Å². The van der Waals surface area contributed by atoms with Gasteiger partial charge in [-0.05, 0) is 51.6 Å². The van der Waals surface area contributed by atoms with Gasteiger partial charge in [-0.15, -0.1) is 0 Å². The van der Waals surface area contributed by atoms with Crippen molar-refractivity contribution in [2.75, 3.05) is 13.1 Å². The molecule has 0 radical (unpaired) electrons. The number of nitrogens with one attached hydrogen (secondary N) is 1. The maximum Gasteiger partial charge on any atom is 0.0631 e. The van der Waals surface area contributed by atoms with Crippen molar-refractivity contribution in [2.45, 2.75) is 70.5 Å². The molecule has 0 saturated carbocycles. The Morgan fingerprint density at radius 3 is 2.48 bits per heavy atom. The van der Waals surface area contributed by atoms with Crippen molar-refractivity contribution >= 4 is 0 Å². The van der Waals surface area contributed by atoms with Crippen LogP contribution in [-0.4, -0.2) is 24.8 Å². The normalized spacial score (nSPS) is 23.9. The monoisotopic (exact) mass is 289 g/mol. The van der Waals surface area contributed by atoms with Gasteiger partial charge in [0.2, 0.25) is 0 Å². The lowest BCUT2D eigenvalue weighted by molar-refractivity contribution is -0.0279. The summed E-state index contributed by atoms with van der Waals surface area (Å²) in [6, 6.07) is 11.0. The molecule has 1 aliphatic heterocycles. The smallest absolute Gasteiger partial charge is 0.0631 e. The van der Waals surface area contributed by atoms with Crippen LogP contribution in [0.3, 0.4) is 0 Å². The summed E-state index contributed by atoms with van der Waals surface area (Å²) in [6.45, 7) is 11.0. The summed E-state index contributed by atoms with van der Waals surface area (Å²) in [5.74, 6) is 0. The van der Waals surface area contributed by atoms with Gasteiger partial charge in [-0.2, -0.15) is 0 Å². The lowest BCUT2D eigenvalue weighted by Crippen LogP contribution is -2.41. The molecule has 21 heavy (non-hydrogen) atoms. The largest absolute Gasteiger partial charge is 0.372 e. The number of hydrogen-bond acceptors (Lipinski definition) is 2. The van der Waals surface area contributed by atoms with E-state index in [9.17, 15) is 0 Å². The number of hydrogen-bond donors (Lipinski definition) is 1. The van der Waals surface area contributed by atoms with Gasteiger partial charge in [0.05, 0.1) is 11.7 Å². The fraction of sp³-hybridized carbons (Fsp3) is 0.684. The third-order valence-electron chi connectivity index (χ3n) is 4.95. The first-order valence-corrected chi connectivity index (χ1v) is 8.45. The highest BCUT2D eigenvalue weighted by Crippen LogP contribution is 2.39. The Hall–Kier alpha value is -0.860. The lowest BCUT2D eigenvalue weighted by atomic mass is 9.73. The first-order valence-electron chi connectivity index (χ1n) is 8.45. The summed E-state index contributed by atoms with van der Waals surface area (Å²) in [5, 5.41) is 3.58. The van der Waals surface area contributed by atoms with Crippen LogP contribution in [0.25, 0.3) is 0 Å². The minimum absolute atomic E-state index is 0.0546. The van der Waals surface area contributed by atoms with E-state index in [2.05, 4.69) is 63.3 Å². The second-order valence-electron chi connectivity index (χ2n) is 7.02. The van der Waals surface area contributed by atoms with Crippen LogP contribution >= 0.6 is 0 Å². The average Bonchev–Trinajstić information content (AvgIpc) is 2.83. The number of benzene rings is 1. The molecule has 0 amide bonds. The first-order chi connectivity index (χ1) is 10.0. The van der Waals surface area contributed by atoms with Gasteiger partial charge < -0.3 is 10.1 Å². The fourth-order valence-electron chi connectivity index (χ4n) is 3.58. The van der Waals surface area contributed by atoms with Gasteiger partial charge in [-0.3, -0.25) is 0 Å². The summed E-state index contributed by atoms with van der Waals surface area (Å²) in [5.41, 5.74) is 1.68. The Morgan fingerprint density at radius 2 is 1.95 bits per heavy atom. The fourth-order valence-corrected chi connectivity index (χ4v) is 3.58. The third-order valence-corrected chi connectivity index (χ3v) is 4.95. The van der Waals surface area contributed by atoms with Crippen LogP contribution in [0, 0.1) is 0 Å². The molecular formula is C19H31NO. The van der Waals surface area contributed by atoms with Gasteiger partial charge >= 0.3 is 0 Å². The van der Waals surface area contributed by atoms with Crippen LogP contribution in [0.5, 0.6) is 0 Å². The first kappa shape index (κ1) is 16.5. The van der Waals surface area contributed by atoms with E-state index >= 15 is 0 Å². The molecule has 1 aromatic carbocycles. The molecule has 1 heterocycles. The van der Waals surface area contributed by atoms with Gasteiger partial charge in [0.1, 0.15) is 0 Å². The molecule has 118 valence electrons. The molecule has 2 unspecified atom stereocenters. The maximum atomic E-state index is 6.28. The van der Waals surface area contributed by atoms with E-state index in [-0.39, 0.29) is 11.0 Å². The van der Waals surface area contributed by atoms with E-state index < -0.39 is 0 Å². The van der Waals surface area contributed by atoms with Crippen LogP contribution in [0.4, 0.5) is 0 Å². The van der Waals surface area contributed by atoms with Gasteiger partial charge in [0.25, 0.3) is 0 Å². The zero-order valence-electron chi connectivity index (χ0n) is 14.1. The SMILES string of the molecule is CCNCC(CC)(CC1CCC(C)(C)O1)c1ccccc1. The minimum atomic E-state index is 0.0546. The van der Waals surface area contributed by atoms with Crippen molar-refractivity contribution in [2.24, 2.45) is 0 Å². The molecule has 2 rings (SSSR count). The highest BCUT2D eigenvalue weighted by Gasteiger charge is 2.38. The quantitative estimate of drug-likeness (QED) is 0.808. The Balaban J connectivity index is 2.19. The van der Waals surface area contributed by atoms with Crippen LogP contribution in [-0.2, 0) is 10.2 Å². The lowest BCUT2D eigenvalue weighted by Gasteiger charge is -2.36. The summed E-state index contributed by atoms with van der Waals surface area (Å²) >= 11 is 0. The highest BCUT2D eigenvalue weighted by atomic mass is 16.5. The van der Waals surface area contributed by atoms with Gasteiger partial charge in [0, 0.05) is 12.0 Å². The van der Waals surface area contributed by atoms with E-state index in [1.807, 2.05) is 0 Å². The zero-order chi connectivity index (χ0) is 15.3. The highest BCUT2D eigenvalue weighted by molar-refractivity contribution is 5.26. The van der Waals surface area contributed by atoms with Crippen LogP contribution in [0.2, 0.25) is 0 Å². The van der Waals surface area contributed by atoms with E-state index in [4.69, 9.17) is 4.74 Å². The van der Waals surface area contributed by atoms with Crippen LogP contribution in [0.1, 0.15) is 58.9 Å². The second kappa shape index (κ2) is 6.93. The zero-order valence-corrected chi connectivity index (χ0v) is 14.1. The summed E-state index contributed by atoms with van der Waals surface area (Å²) < 4.78 is 6.28. The Bertz CT molecular complexity index is 428. The summed E-state index contributed by atoms with van der Waals surface area (Å²) in [6.07, 6.45) is 5.01. The van der Waals surface area contributed by atoms with Crippen molar-refractivity contribution in [1.82, 2.24) is 5.32 Å². The molecule has 0 bridgehead atoms. The maximum absolute atomic E-state index is 6.28. The van der Waals surface area contributed by atoms with Crippen molar-refractivity contribution < 1.29 is 4.74 Å². The van der Waals surface area contributed by atoms with Crippen LogP contribution < -0.4 is 5.32 Å². The molecule has 2 nitrogen and oxygen atoms in total. The number of likely N-dealkylation sites (N-methyl/N-ethyl adjacent to an activating group) is 1. The topological polar surface area (TPSA) is 21.3 Å². The van der Waals surface area contributed by atoms with Gasteiger partial charge in [-0.25, -0.2) is 0 Å². The molecule has 2 atom stereocenters. The third kappa shape index (κ3) is 4.08. The molecule has 1 aliphatic rings. The Morgan fingerprint density at radius 1 is 1.24 bits per heavy atom. The van der Waals surface area contributed by atoms with Crippen molar-refractivity contribution in [3.8, 4) is 0 Å². The van der Waals surface area contributed by atoms with Crippen molar-refractivity contribution in [3.63, 3.8) is 0 Å². The van der Waals surface area contributed by atoms with Gasteiger partial charge in [0.15, 0.2) is 0 Å². The predicted octanol–water partition coefficient (Wildman–Crippen LogP) is 4.29. The van der Waals surface area contributed by atoms with E-state index in [0.29, 0.717) is 6.10 Å². The van der Waals surface area contributed by atoms with E-state index in [0.717, 1.165) is 25.9 Å². The summed E-state index contributed by atoms with van der Waals surface area (Å²) in [7, 11) is 0. The molecule has 1 fully saturated rings. The minimum Gasteiger partial charge on any atom is -0.372 e. The molecule has 2 heteroatoms. The van der Waals surface area contributed by atoms with Crippen LogP contribution in [0.15, 0.2) is 30.3 Å². The molecule has 1 aromatic rings. The number of rotatable bonds is 7. The molecule has 1 N–H and O–H groups in total. The van der Waals surface area contributed by atoms with Crippen molar-refractivity contribution in [1.29, 1.82) is 0 Å². The second-order valence-corrected chi connectivity index (χ2v) is 7.02. The standard InChI is InChI=1S/C19H31NO/c1-5-19(15-20-6-2,16-10-8-7-9-11-16)14-17-12-13-18(3,4)21-17/h7-11,17,20H,5-6,12-15H2,1-4H3. The van der Waals surface area contributed by atoms with E-state index in [1.54, 1.807) is 0 Å². The Kier molecular flexibility index (Phi) is 5.45. The number of ether oxygens (including phenoxy) is 1. The molecule has 0 aromatic heterocycles. The average molecular weight is 289 g/mol. The van der Waals surface area contributed by atoms with E-state index in [1.165, 1.54) is 18.4 Å².